The maximum Gasteiger partial charge on any atom is 0.265 e. The van der Waals surface area contributed by atoms with E-state index in [1.54, 1.807) is 23.4 Å². The van der Waals surface area contributed by atoms with Crippen molar-refractivity contribution in [1.29, 1.82) is 0 Å². The molecule has 1 aliphatic carbocycles. The lowest BCUT2D eigenvalue weighted by Gasteiger charge is -2.40. The van der Waals surface area contributed by atoms with Gasteiger partial charge in [-0.2, -0.15) is 9.29 Å². The number of piperazine rings is 1. The second kappa shape index (κ2) is 9.03. The molecule has 33 heavy (non-hydrogen) atoms. The Kier molecular flexibility index (Phi) is 6.11. The molecule has 2 aliphatic heterocycles. The molecule has 11 heteroatoms. The van der Waals surface area contributed by atoms with E-state index in [2.05, 4.69) is 15.0 Å². The molecule has 1 saturated heterocycles. The molecular formula is C22H29N5O5S. The van der Waals surface area contributed by atoms with E-state index in [9.17, 15) is 13.2 Å². The number of carbonyl (C=O) groups excluding carboxylic acids is 1. The molecule has 2 aromatic rings. The van der Waals surface area contributed by atoms with E-state index >= 15 is 0 Å². The first kappa shape index (κ1) is 22.3. The Morgan fingerprint density at radius 2 is 1.85 bits per heavy atom. The quantitative estimate of drug-likeness (QED) is 0.646. The smallest absolute Gasteiger partial charge is 0.265 e. The average Bonchev–Trinajstić information content (AvgIpc) is 3.26. The van der Waals surface area contributed by atoms with Gasteiger partial charge in [0, 0.05) is 39.1 Å². The van der Waals surface area contributed by atoms with Crippen LogP contribution in [0.15, 0.2) is 27.6 Å². The van der Waals surface area contributed by atoms with Crippen LogP contribution in [0.4, 0.5) is 5.69 Å². The zero-order valence-corrected chi connectivity index (χ0v) is 19.6. The SMILES string of the molecule is Cc1nc(CN2C(=O)COc3ccc(S(=O)(=O)N4CCN(C5CCCCC5)CC4)cc32)no1. The molecule has 1 aromatic heterocycles. The Morgan fingerprint density at radius 1 is 1.09 bits per heavy atom. The maximum atomic E-state index is 13.4. The van der Waals surface area contributed by atoms with Crippen LogP contribution < -0.4 is 9.64 Å². The summed E-state index contributed by atoms with van der Waals surface area (Å²) in [6.45, 7) is 4.06. The summed E-state index contributed by atoms with van der Waals surface area (Å²) >= 11 is 0. The average molecular weight is 476 g/mol. The molecule has 0 N–H and O–H groups in total. The number of hydrogen-bond acceptors (Lipinski definition) is 8. The molecule has 0 unspecified atom stereocenters. The number of anilines is 1. The summed E-state index contributed by atoms with van der Waals surface area (Å²) in [5.74, 6) is 0.909. The summed E-state index contributed by atoms with van der Waals surface area (Å²) in [6, 6.07) is 5.26. The number of rotatable bonds is 5. The second-order valence-corrected chi connectivity index (χ2v) is 10.8. The van der Waals surface area contributed by atoms with Gasteiger partial charge in [0.2, 0.25) is 15.9 Å². The van der Waals surface area contributed by atoms with E-state index in [1.165, 1.54) is 43.1 Å². The van der Waals surface area contributed by atoms with Gasteiger partial charge < -0.3 is 9.26 Å². The Bertz CT molecular complexity index is 1120. The minimum atomic E-state index is -3.70. The van der Waals surface area contributed by atoms with Crippen molar-refractivity contribution in [2.24, 2.45) is 0 Å². The third-order valence-electron chi connectivity index (χ3n) is 6.74. The van der Waals surface area contributed by atoms with Crippen molar-refractivity contribution >= 4 is 21.6 Å². The third-order valence-corrected chi connectivity index (χ3v) is 8.64. The van der Waals surface area contributed by atoms with Crippen molar-refractivity contribution in [2.45, 2.75) is 56.5 Å². The van der Waals surface area contributed by atoms with Crippen LogP contribution in [0.5, 0.6) is 5.75 Å². The molecule has 10 nitrogen and oxygen atoms in total. The van der Waals surface area contributed by atoms with Gasteiger partial charge in [-0.15, -0.1) is 0 Å². The highest BCUT2D eigenvalue weighted by molar-refractivity contribution is 7.89. The van der Waals surface area contributed by atoms with E-state index in [0.29, 0.717) is 42.3 Å². The number of benzene rings is 1. The number of aryl methyl sites for hydroxylation is 1. The Morgan fingerprint density at radius 3 is 2.55 bits per heavy atom. The second-order valence-electron chi connectivity index (χ2n) is 8.86. The molecule has 1 aromatic carbocycles. The highest BCUT2D eigenvalue weighted by atomic mass is 32.2. The lowest BCUT2D eigenvalue weighted by Crippen LogP contribution is -2.52. The third kappa shape index (κ3) is 4.49. The number of hydrogen-bond donors (Lipinski definition) is 0. The number of nitrogens with zero attached hydrogens (tertiary/aromatic N) is 5. The standard InChI is InChI=1S/C22H29N5O5S/c1-16-23-21(24-32-16)14-27-19-13-18(7-8-20(19)31-15-22(27)28)33(29,30)26-11-9-25(10-12-26)17-5-3-2-4-6-17/h7-8,13,17H,2-6,9-12,14-15H2,1H3. The van der Waals surface area contributed by atoms with Gasteiger partial charge in [-0.3, -0.25) is 14.6 Å². The van der Waals surface area contributed by atoms with Crippen LogP contribution in [0.25, 0.3) is 0 Å². The lowest BCUT2D eigenvalue weighted by molar-refractivity contribution is -0.121. The lowest BCUT2D eigenvalue weighted by atomic mass is 9.94. The van der Waals surface area contributed by atoms with E-state index in [0.717, 1.165) is 13.1 Å². The summed E-state index contributed by atoms with van der Waals surface area (Å²) < 4.78 is 38.9. The topological polar surface area (TPSA) is 109 Å². The van der Waals surface area contributed by atoms with Crippen LogP contribution >= 0.6 is 0 Å². The van der Waals surface area contributed by atoms with E-state index < -0.39 is 10.0 Å². The molecule has 0 bridgehead atoms. The van der Waals surface area contributed by atoms with Gasteiger partial charge in [0.1, 0.15) is 5.75 Å². The molecule has 3 aliphatic rings. The number of amides is 1. The van der Waals surface area contributed by atoms with Gasteiger partial charge in [0.25, 0.3) is 5.91 Å². The minimum absolute atomic E-state index is 0.0795. The summed E-state index contributed by atoms with van der Waals surface area (Å²) in [7, 11) is -3.70. The van der Waals surface area contributed by atoms with Crippen molar-refractivity contribution in [3.05, 3.63) is 29.9 Å². The Balaban J connectivity index is 1.34. The largest absolute Gasteiger partial charge is 0.482 e. The predicted molar refractivity (Wildman–Crippen MR) is 119 cm³/mol. The van der Waals surface area contributed by atoms with Gasteiger partial charge in [-0.25, -0.2) is 8.42 Å². The first-order valence-electron chi connectivity index (χ1n) is 11.5. The van der Waals surface area contributed by atoms with Crippen LogP contribution in [0.1, 0.15) is 43.8 Å². The molecule has 1 saturated carbocycles. The minimum Gasteiger partial charge on any atom is -0.482 e. The first-order chi connectivity index (χ1) is 15.9. The monoisotopic (exact) mass is 475 g/mol. The molecular weight excluding hydrogens is 446 g/mol. The normalized spacial score (nSPS) is 21.1. The van der Waals surface area contributed by atoms with Crippen LogP contribution in [-0.4, -0.2) is 72.5 Å². The van der Waals surface area contributed by atoms with Gasteiger partial charge in [0.05, 0.1) is 17.1 Å². The zero-order valence-electron chi connectivity index (χ0n) is 18.8. The molecule has 0 atom stereocenters. The molecule has 2 fully saturated rings. The highest BCUT2D eigenvalue weighted by Gasteiger charge is 2.34. The highest BCUT2D eigenvalue weighted by Crippen LogP contribution is 2.36. The van der Waals surface area contributed by atoms with Gasteiger partial charge in [-0.05, 0) is 31.0 Å². The van der Waals surface area contributed by atoms with Crippen molar-refractivity contribution in [3.8, 4) is 5.75 Å². The van der Waals surface area contributed by atoms with Gasteiger partial charge >= 0.3 is 0 Å². The summed E-state index contributed by atoms with van der Waals surface area (Å²) in [5, 5.41) is 3.86. The fourth-order valence-corrected chi connectivity index (χ4v) is 6.41. The van der Waals surface area contributed by atoms with Crippen molar-refractivity contribution in [2.75, 3.05) is 37.7 Å². The first-order valence-corrected chi connectivity index (χ1v) is 13.0. The summed E-state index contributed by atoms with van der Waals surface area (Å²) in [4.78, 5) is 20.8. The number of carbonyl (C=O) groups is 1. The molecule has 3 heterocycles. The number of fused-ring (bicyclic) bond motifs is 1. The Labute approximate surface area is 193 Å². The number of ether oxygens (including phenoxy) is 1. The van der Waals surface area contributed by atoms with E-state index in [1.807, 2.05) is 0 Å². The maximum absolute atomic E-state index is 13.4. The van der Waals surface area contributed by atoms with Crippen LogP contribution in [-0.2, 0) is 21.4 Å². The van der Waals surface area contributed by atoms with Gasteiger partial charge in [0.15, 0.2) is 12.4 Å². The van der Waals surface area contributed by atoms with Crippen molar-refractivity contribution < 1.29 is 22.5 Å². The van der Waals surface area contributed by atoms with Gasteiger partial charge in [-0.1, -0.05) is 24.4 Å². The molecule has 1 amide bonds. The molecule has 5 rings (SSSR count). The fourth-order valence-electron chi connectivity index (χ4n) is 4.97. The van der Waals surface area contributed by atoms with Crippen molar-refractivity contribution in [3.63, 3.8) is 0 Å². The van der Waals surface area contributed by atoms with E-state index in [-0.39, 0.29) is 24.0 Å². The fraction of sp³-hybridized carbons (Fsp3) is 0.591. The van der Waals surface area contributed by atoms with Crippen LogP contribution in [0.3, 0.4) is 0 Å². The van der Waals surface area contributed by atoms with Crippen molar-refractivity contribution in [1.82, 2.24) is 19.3 Å². The van der Waals surface area contributed by atoms with E-state index in [4.69, 9.17) is 9.26 Å². The number of aromatic nitrogens is 2. The zero-order chi connectivity index (χ0) is 23.0. The molecule has 0 radical (unpaired) electrons. The Hall–Kier alpha value is -2.50. The van der Waals surface area contributed by atoms with Crippen LogP contribution in [0.2, 0.25) is 0 Å². The number of sulfonamides is 1. The molecule has 0 spiro atoms. The predicted octanol–water partition coefficient (Wildman–Crippen LogP) is 1.94. The molecule has 178 valence electrons. The van der Waals surface area contributed by atoms with Crippen LogP contribution in [0, 0.1) is 6.92 Å². The summed E-state index contributed by atoms with van der Waals surface area (Å²) in [5.41, 5.74) is 0.399. The summed E-state index contributed by atoms with van der Waals surface area (Å²) in [6.07, 6.45) is 6.25.